The van der Waals surface area contributed by atoms with Crippen LogP contribution in [0.15, 0.2) is 47.8 Å². The molecule has 4 heteroatoms. The van der Waals surface area contributed by atoms with Crippen molar-refractivity contribution in [2.24, 2.45) is 0 Å². The maximum absolute atomic E-state index is 12.4. The molecule has 0 atom stereocenters. The van der Waals surface area contributed by atoms with Crippen LogP contribution in [0.3, 0.4) is 0 Å². The van der Waals surface area contributed by atoms with Gasteiger partial charge >= 0.3 is 0 Å². The number of fused-ring (bicyclic) bond motifs is 1. The summed E-state index contributed by atoms with van der Waals surface area (Å²) in [5, 5.41) is 5.17. The molecule has 106 valence electrons. The number of hydrogen-bond donors (Lipinski definition) is 1. The second-order valence-corrected chi connectivity index (χ2v) is 6.47. The molecule has 3 aromatic rings. The number of hydrogen-bond acceptors (Lipinski definition) is 2. The van der Waals surface area contributed by atoms with E-state index in [2.05, 4.69) is 33.5 Å². The molecular formula is C17H16N2OS. The maximum atomic E-state index is 12.4. The third-order valence-electron chi connectivity index (χ3n) is 3.85. The standard InChI is InChI=1S/C17H16N2OS/c20-17(18-13-6-7-13)15-10-16-14(8-9-21-16)19(15)11-12-4-2-1-3-5-12/h1-5,8-10,13H,6-7,11H2,(H,18,20). The second-order valence-electron chi connectivity index (χ2n) is 5.52. The Morgan fingerprint density at radius 1 is 1.24 bits per heavy atom. The fourth-order valence-electron chi connectivity index (χ4n) is 2.59. The van der Waals surface area contributed by atoms with Gasteiger partial charge in [-0.1, -0.05) is 30.3 Å². The lowest BCUT2D eigenvalue weighted by Gasteiger charge is -2.10. The topological polar surface area (TPSA) is 34.0 Å². The smallest absolute Gasteiger partial charge is 0.268 e. The largest absolute Gasteiger partial charge is 0.348 e. The molecule has 1 aliphatic rings. The van der Waals surface area contributed by atoms with Gasteiger partial charge in [0.15, 0.2) is 0 Å². The van der Waals surface area contributed by atoms with Crippen LogP contribution in [0, 0.1) is 0 Å². The summed E-state index contributed by atoms with van der Waals surface area (Å²) in [6.45, 7) is 0.731. The van der Waals surface area contributed by atoms with E-state index in [4.69, 9.17) is 0 Å². The first-order chi connectivity index (χ1) is 10.3. The summed E-state index contributed by atoms with van der Waals surface area (Å²) in [6.07, 6.45) is 2.22. The molecule has 1 amide bonds. The molecule has 1 saturated carbocycles. The van der Waals surface area contributed by atoms with Crippen molar-refractivity contribution in [2.75, 3.05) is 0 Å². The number of carbonyl (C=O) groups is 1. The van der Waals surface area contributed by atoms with Crippen LogP contribution in [-0.4, -0.2) is 16.5 Å². The first-order valence-corrected chi connectivity index (χ1v) is 8.11. The summed E-state index contributed by atoms with van der Waals surface area (Å²) in [5.74, 6) is 0.0526. The van der Waals surface area contributed by atoms with Crippen molar-refractivity contribution in [1.29, 1.82) is 0 Å². The molecule has 0 radical (unpaired) electrons. The Balaban J connectivity index is 1.73. The van der Waals surface area contributed by atoms with Crippen molar-refractivity contribution in [3.63, 3.8) is 0 Å². The third kappa shape index (κ3) is 2.47. The van der Waals surface area contributed by atoms with E-state index in [0.717, 1.165) is 30.6 Å². The van der Waals surface area contributed by atoms with Gasteiger partial charge < -0.3 is 9.88 Å². The van der Waals surface area contributed by atoms with Gasteiger partial charge in [-0.15, -0.1) is 11.3 Å². The predicted molar refractivity (Wildman–Crippen MR) is 85.8 cm³/mol. The van der Waals surface area contributed by atoms with Gasteiger partial charge in [0, 0.05) is 12.6 Å². The molecular weight excluding hydrogens is 280 g/mol. The van der Waals surface area contributed by atoms with E-state index in [-0.39, 0.29) is 5.91 Å². The monoisotopic (exact) mass is 296 g/mol. The Labute approximate surface area is 127 Å². The summed E-state index contributed by atoms with van der Waals surface area (Å²) in [6, 6.07) is 14.8. The first kappa shape index (κ1) is 12.7. The number of thiophene rings is 1. The van der Waals surface area contributed by atoms with Crippen LogP contribution in [0.2, 0.25) is 0 Å². The lowest BCUT2D eigenvalue weighted by Crippen LogP contribution is -2.27. The fourth-order valence-corrected chi connectivity index (χ4v) is 3.41. The molecule has 1 fully saturated rings. The number of nitrogens with zero attached hydrogens (tertiary/aromatic N) is 1. The van der Waals surface area contributed by atoms with E-state index in [9.17, 15) is 4.79 Å². The highest BCUT2D eigenvalue weighted by Gasteiger charge is 2.26. The average Bonchev–Trinajstić information content (AvgIpc) is 3.08. The minimum atomic E-state index is 0.0526. The number of aromatic nitrogens is 1. The van der Waals surface area contributed by atoms with Gasteiger partial charge in [0.1, 0.15) is 5.69 Å². The zero-order valence-electron chi connectivity index (χ0n) is 11.6. The number of carbonyl (C=O) groups excluding carboxylic acids is 1. The van der Waals surface area contributed by atoms with E-state index < -0.39 is 0 Å². The van der Waals surface area contributed by atoms with Gasteiger partial charge in [-0.3, -0.25) is 4.79 Å². The molecule has 21 heavy (non-hydrogen) atoms. The summed E-state index contributed by atoms with van der Waals surface area (Å²) in [7, 11) is 0. The summed E-state index contributed by atoms with van der Waals surface area (Å²) >= 11 is 1.68. The van der Waals surface area contributed by atoms with E-state index in [0.29, 0.717) is 6.04 Å². The number of rotatable bonds is 4. The van der Waals surface area contributed by atoms with Gasteiger partial charge in [-0.2, -0.15) is 0 Å². The highest BCUT2D eigenvalue weighted by Crippen LogP contribution is 2.27. The molecule has 2 heterocycles. The molecule has 1 aromatic carbocycles. The number of benzene rings is 1. The van der Waals surface area contributed by atoms with Crippen molar-refractivity contribution in [3.8, 4) is 0 Å². The van der Waals surface area contributed by atoms with Crippen LogP contribution in [0.5, 0.6) is 0 Å². The quantitative estimate of drug-likeness (QED) is 0.783. The highest BCUT2D eigenvalue weighted by atomic mass is 32.1. The molecule has 1 aliphatic carbocycles. The Morgan fingerprint density at radius 2 is 2.05 bits per heavy atom. The summed E-state index contributed by atoms with van der Waals surface area (Å²) < 4.78 is 3.30. The van der Waals surface area contributed by atoms with Crippen LogP contribution in [0.1, 0.15) is 28.9 Å². The normalized spacial score (nSPS) is 14.5. The molecule has 0 aliphatic heterocycles. The van der Waals surface area contributed by atoms with Crippen molar-refractivity contribution >= 4 is 27.5 Å². The van der Waals surface area contributed by atoms with Crippen molar-refractivity contribution in [3.05, 3.63) is 59.1 Å². The molecule has 0 bridgehead atoms. The third-order valence-corrected chi connectivity index (χ3v) is 4.70. The maximum Gasteiger partial charge on any atom is 0.268 e. The first-order valence-electron chi connectivity index (χ1n) is 7.23. The van der Waals surface area contributed by atoms with Gasteiger partial charge in [0.2, 0.25) is 0 Å². The van der Waals surface area contributed by atoms with Crippen LogP contribution < -0.4 is 5.32 Å². The Hall–Kier alpha value is -2.07. The number of nitrogens with one attached hydrogen (secondary N) is 1. The van der Waals surface area contributed by atoms with Gasteiger partial charge in [0.25, 0.3) is 5.91 Å². The molecule has 0 unspecified atom stereocenters. The van der Waals surface area contributed by atoms with Crippen LogP contribution >= 0.6 is 11.3 Å². The van der Waals surface area contributed by atoms with Crippen molar-refractivity contribution in [1.82, 2.24) is 9.88 Å². The van der Waals surface area contributed by atoms with Crippen molar-refractivity contribution in [2.45, 2.75) is 25.4 Å². The molecule has 3 nitrogen and oxygen atoms in total. The molecule has 0 saturated heterocycles. The lowest BCUT2D eigenvalue weighted by molar-refractivity contribution is 0.0942. The summed E-state index contributed by atoms with van der Waals surface area (Å²) in [5.41, 5.74) is 3.12. The van der Waals surface area contributed by atoms with Crippen LogP contribution in [0.25, 0.3) is 10.2 Å². The average molecular weight is 296 g/mol. The second kappa shape index (κ2) is 5.04. The minimum absolute atomic E-state index is 0.0526. The zero-order valence-corrected chi connectivity index (χ0v) is 12.4. The van der Waals surface area contributed by atoms with E-state index >= 15 is 0 Å². The zero-order chi connectivity index (χ0) is 14.2. The fraction of sp³-hybridized carbons (Fsp3) is 0.235. The minimum Gasteiger partial charge on any atom is -0.348 e. The highest BCUT2D eigenvalue weighted by molar-refractivity contribution is 7.17. The molecule has 1 N–H and O–H groups in total. The van der Waals surface area contributed by atoms with E-state index in [1.54, 1.807) is 11.3 Å². The van der Waals surface area contributed by atoms with Gasteiger partial charge in [-0.05, 0) is 35.9 Å². The Kier molecular flexibility index (Phi) is 3.04. The van der Waals surface area contributed by atoms with Gasteiger partial charge in [0.05, 0.1) is 10.2 Å². The SMILES string of the molecule is O=C(NC1CC1)c1cc2sccc2n1Cc1ccccc1. The molecule has 4 rings (SSSR count). The van der Waals surface area contributed by atoms with E-state index in [1.165, 1.54) is 10.3 Å². The van der Waals surface area contributed by atoms with Gasteiger partial charge in [-0.25, -0.2) is 0 Å². The van der Waals surface area contributed by atoms with E-state index in [1.807, 2.05) is 24.3 Å². The molecule has 0 spiro atoms. The number of amides is 1. The molecule has 2 aromatic heterocycles. The Bertz CT molecular complexity index is 784. The van der Waals surface area contributed by atoms with Crippen LogP contribution in [-0.2, 0) is 6.54 Å². The lowest BCUT2D eigenvalue weighted by atomic mass is 10.2. The predicted octanol–water partition coefficient (Wildman–Crippen LogP) is 3.64. The van der Waals surface area contributed by atoms with Crippen molar-refractivity contribution < 1.29 is 4.79 Å². The summed E-state index contributed by atoms with van der Waals surface area (Å²) in [4.78, 5) is 12.4. The Morgan fingerprint density at radius 3 is 2.81 bits per heavy atom. The van der Waals surface area contributed by atoms with Crippen LogP contribution in [0.4, 0.5) is 0 Å².